The Morgan fingerprint density at radius 1 is 1.31 bits per heavy atom. The molecule has 2 aromatic rings. The quantitative estimate of drug-likeness (QED) is 0.722. The third kappa shape index (κ3) is 5.32. The summed E-state index contributed by atoms with van der Waals surface area (Å²) in [6.45, 7) is 3.34. The minimum Gasteiger partial charge on any atom is -0.376 e. The van der Waals surface area contributed by atoms with Gasteiger partial charge in [0.15, 0.2) is 0 Å². The first-order valence-electron chi connectivity index (χ1n) is 10.4. The molecule has 2 aliphatic heterocycles. The number of nitrogens with one attached hydrogen (secondary N) is 2. The van der Waals surface area contributed by atoms with Crippen molar-refractivity contribution in [2.45, 2.75) is 38.2 Å². The van der Waals surface area contributed by atoms with Crippen molar-refractivity contribution in [1.82, 2.24) is 15.3 Å². The zero-order valence-corrected chi connectivity index (χ0v) is 17.3. The average molecular weight is 415 g/mol. The van der Waals surface area contributed by atoms with E-state index in [-0.39, 0.29) is 17.8 Å². The van der Waals surface area contributed by atoms with Gasteiger partial charge in [-0.1, -0.05) is 17.7 Å². The summed E-state index contributed by atoms with van der Waals surface area (Å²) in [7, 11) is 0. The molecule has 0 unspecified atom stereocenters. The number of piperidine rings is 1. The molecule has 0 radical (unpaired) electrons. The second-order valence-electron chi connectivity index (χ2n) is 7.77. The highest BCUT2D eigenvalue weighted by atomic mass is 35.5. The number of hydrogen-bond acceptors (Lipinski definition) is 6. The van der Waals surface area contributed by atoms with Crippen LogP contribution in [0.3, 0.4) is 0 Å². The number of halogens is 1. The maximum absolute atomic E-state index is 12.6. The summed E-state index contributed by atoms with van der Waals surface area (Å²) in [6, 6.07) is 7.71. The minimum atomic E-state index is 0.0770. The number of carbonyl (C=O) groups is 1. The van der Waals surface area contributed by atoms with E-state index >= 15 is 0 Å². The number of carbonyl (C=O) groups excluding carboxylic acids is 1. The van der Waals surface area contributed by atoms with E-state index in [9.17, 15) is 4.79 Å². The Morgan fingerprint density at radius 3 is 3.03 bits per heavy atom. The number of anilines is 1. The van der Waals surface area contributed by atoms with E-state index in [0.29, 0.717) is 11.4 Å². The van der Waals surface area contributed by atoms with Crippen LogP contribution < -0.4 is 10.6 Å². The fourth-order valence-electron chi connectivity index (χ4n) is 3.93. The van der Waals surface area contributed by atoms with Crippen LogP contribution in [0.1, 0.15) is 31.4 Å². The summed E-state index contributed by atoms with van der Waals surface area (Å²) in [5, 5.41) is 7.18. The molecule has 2 saturated heterocycles. The number of nitrogens with zero attached hydrogens (tertiary/aromatic N) is 2. The highest BCUT2D eigenvalue weighted by Gasteiger charge is 2.22. The number of aromatic nitrogens is 2. The lowest BCUT2D eigenvalue weighted by Crippen LogP contribution is -2.35. The first-order valence-corrected chi connectivity index (χ1v) is 10.8. The Morgan fingerprint density at radius 2 is 2.24 bits per heavy atom. The number of ketones is 1. The van der Waals surface area contributed by atoms with Gasteiger partial charge in [-0.25, -0.2) is 4.98 Å². The van der Waals surface area contributed by atoms with Gasteiger partial charge in [-0.3, -0.25) is 9.78 Å². The van der Waals surface area contributed by atoms with Crippen LogP contribution in [0.25, 0.3) is 11.3 Å². The topological polar surface area (TPSA) is 76.1 Å². The van der Waals surface area contributed by atoms with Crippen LogP contribution in [0, 0.1) is 5.92 Å². The third-order valence-corrected chi connectivity index (χ3v) is 5.88. The number of Topliss-reactive ketones (excluding diaryl/α,β-unsaturated/α-hetero) is 1. The van der Waals surface area contributed by atoms with Crippen molar-refractivity contribution in [3.8, 4) is 11.3 Å². The smallest absolute Gasteiger partial charge is 0.143 e. The maximum atomic E-state index is 12.6. The molecule has 0 amide bonds. The molecule has 0 bridgehead atoms. The molecule has 2 aliphatic rings. The Bertz CT molecular complexity index is 848. The molecule has 2 atom stereocenters. The molecule has 4 rings (SSSR count). The van der Waals surface area contributed by atoms with Crippen LogP contribution in [0.5, 0.6) is 0 Å². The Balaban J connectivity index is 1.46. The van der Waals surface area contributed by atoms with Crippen molar-refractivity contribution >= 4 is 23.2 Å². The van der Waals surface area contributed by atoms with Gasteiger partial charge in [-0.15, -0.1) is 0 Å². The lowest BCUT2D eigenvalue weighted by molar-refractivity contribution is -0.122. The van der Waals surface area contributed by atoms with Crippen molar-refractivity contribution in [1.29, 1.82) is 0 Å². The number of hydrogen-bond donors (Lipinski definition) is 2. The number of ether oxygens (including phenoxy) is 1. The molecule has 4 heterocycles. The van der Waals surface area contributed by atoms with Crippen LogP contribution in [-0.2, 0) is 16.0 Å². The normalized spacial score (nSPS) is 21.8. The van der Waals surface area contributed by atoms with Crippen LogP contribution >= 0.6 is 11.6 Å². The highest BCUT2D eigenvalue weighted by molar-refractivity contribution is 6.33. The summed E-state index contributed by atoms with van der Waals surface area (Å²) in [6.07, 6.45) is 6.39. The molecule has 2 aromatic heterocycles. The van der Waals surface area contributed by atoms with Gasteiger partial charge in [0.05, 0.1) is 16.8 Å². The van der Waals surface area contributed by atoms with E-state index in [1.54, 1.807) is 6.20 Å². The van der Waals surface area contributed by atoms with E-state index in [2.05, 4.69) is 15.6 Å². The second kappa shape index (κ2) is 9.65. The molecule has 7 heteroatoms. The van der Waals surface area contributed by atoms with E-state index in [0.717, 1.165) is 74.7 Å². The van der Waals surface area contributed by atoms with Crippen LogP contribution in [0.15, 0.2) is 30.5 Å². The van der Waals surface area contributed by atoms with Crippen LogP contribution in [0.4, 0.5) is 5.82 Å². The van der Waals surface area contributed by atoms with Gasteiger partial charge in [-0.2, -0.15) is 0 Å². The fourth-order valence-corrected chi connectivity index (χ4v) is 4.13. The molecule has 0 aromatic carbocycles. The summed E-state index contributed by atoms with van der Waals surface area (Å²) >= 11 is 6.41. The number of rotatable bonds is 7. The molecule has 154 valence electrons. The molecule has 0 saturated carbocycles. The molecule has 0 aliphatic carbocycles. The molecular formula is C22H27ClN4O2. The van der Waals surface area contributed by atoms with E-state index in [1.807, 2.05) is 24.3 Å². The molecule has 6 nitrogen and oxygen atoms in total. The Hall–Kier alpha value is -2.02. The SMILES string of the molecule is O=C(Cc1cc(-c2cccc(NC[C@H]3CCCO3)n2)c(Cl)cn1)[C@@H]1CCCNC1. The number of pyridine rings is 2. The lowest BCUT2D eigenvalue weighted by Gasteiger charge is -2.21. The van der Waals surface area contributed by atoms with Gasteiger partial charge in [0.25, 0.3) is 0 Å². The zero-order valence-electron chi connectivity index (χ0n) is 16.5. The van der Waals surface area contributed by atoms with Gasteiger partial charge >= 0.3 is 0 Å². The second-order valence-corrected chi connectivity index (χ2v) is 8.17. The third-order valence-electron chi connectivity index (χ3n) is 5.58. The Labute approximate surface area is 176 Å². The first-order chi connectivity index (χ1) is 14.2. The van der Waals surface area contributed by atoms with Crippen molar-refractivity contribution < 1.29 is 9.53 Å². The van der Waals surface area contributed by atoms with Crippen molar-refractivity contribution in [2.24, 2.45) is 5.92 Å². The van der Waals surface area contributed by atoms with Gasteiger partial charge < -0.3 is 15.4 Å². The van der Waals surface area contributed by atoms with Crippen molar-refractivity contribution in [3.05, 3.63) is 41.2 Å². The first kappa shape index (κ1) is 20.3. The Kier molecular flexibility index (Phi) is 6.74. The minimum absolute atomic E-state index is 0.0770. The van der Waals surface area contributed by atoms with E-state index in [4.69, 9.17) is 21.3 Å². The zero-order chi connectivity index (χ0) is 20.1. The van der Waals surface area contributed by atoms with Crippen LogP contribution in [0.2, 0.25) is 5.02 Å². The molecular weight excluding hydrogens is 388 g/mol. The standard InChI is InChI=1S/C22H27ClN4O2/c23-19-14-25-16(11-21(28)15-4-2-8-24-12-15)10-18(19)20-6-1-7-22(27-20)26-13-17-5-3-9-29-17/h1,6-7,10,14-15,17,24H,2-5,8-9,11-13H2,(H,26,27)/t15-,17-/m1/s1. The van der Waals surface area contributed by atoms with E-state index < -0.39 is 0 Å². The predicted molar refractivity (Wildman–Crippen MR) is 114 cm³/mol. The molecule has 2 N–H and O–H groups in total. The van der Waals surface area contributed by atoms with Gasteiger partial charge in [0, 0.05) is 49.5 Å². The summed E-state index contributed by atoms with van der Waals surface area (Å²) < 4.78 is 5.66. The van der Waals surface area contributed by atoms with E-state index in [1.165, 1.54) is 0 Å². The summed E-state index contributed by atoms with van der Waals surface area (Å²) in [5.41, 5.74) is 2.30. The molecule has 0 spiro atoms. The molecule has 29 heavy (non-hydrogen) atoms. The predicted octanol–water partition coefficient (Wildman–Crippen LogP) is 3.50. The van der Waals surface area contributed by atoms with Gasteiger partial charge in [-0.05, 0) is 50.4 Å². The lowest BCUT2D eigenvalue weighted by atomic mass is 9.92. The largest absolute Gasteiger partial charge is 0.376 e. The highest BCUT2D eigenvalue weighted by Crippen LogP contribution is 2.28. The van der Waals surface area contributed by atoms with Crippen molar-refractivity contribution in [2.75, 3.05) is 31.6 Å². The monoisotopic (exact) mass is 414 g/mol. The van der Waals surface area contributed by atoms with Gasteiger partial charge in [0.1, 0.15) is 11.6 Å². The maximum Gasteiger partial charge on any atom is 0.143 e. The van der Waals surface area contributed by atoms with Gasteiger partial charge in [0.2, 0.25) is 0 Å². The van der Waals surface area contributed by atoms with Crippen LogP contribution in [-0.4, -0.2) is 48.1 Å². The summed E-state index contributed by atoms with van der Waals surface area (Å²) in [5.74, 6) is 1.10. The average Bonchev–Trinajstić information content (AvgIpc) is 3.28. The summed E-state index contributed by atoms with van der Waals surface area (Å²) in [4.78, 5) is 21.7. The fraction of sp³-hybridized carbons (Fsp3) is 0.500. The molecule has 2 fully saturated rings. The van der Waals surface area contributed by atoms with Crippen molar-refractivity contribution in [3.63, 3.8) is 0 Å².